The van der Waals surface area contributed by atoms with Crippen molar-refractivity contribution in [2.45, 2.75) is 58.0 Å². The topological polar surface area (TPSA) is 118 Å². The normalized spacial score (nSPS) is 21.6. The van der Waals surface area contributed by atoms with Gasteiger partial charge in [-0.25, -0.2) is 5.01 Å². The average molecular weight is 350 g/mol. The van der Waals surface area contributed by atoms with Crippen molar-refractivity contribution in [1.29, 1.82) is 0 Å². The van der Waals surface area contributed by atoms with Crippen molar-refractivity contribution in [3.8, 4) is 0 Å². The van der Waals surface area contributed by atoms with Crippen LogP contribution in [0, 0.1) is 10.1 Å². The predicted molar refractivity (Wildman–Crippen MR) is 90.0 cm³/mol. The summed E-state index contributed by atoms with van der Waals surface area (Å²) in [5.41, 5.74) is -1.57. The molecule has 1 aromatic rings. The molecule has 1 N–H and O–H groups in total. The van der Waals surface area contributed by atoms with Gasteiger partial charge in [0.05, 0.1) is 12.3 Å². The van der Waals surface area contributed by atoms with Gasteiger partial charge in [0, 0.05) is 12.0 Å². The first kappa shape index (κ1) is 18.6. The number of amides is 2. The highest BCUT2D eigenvalue weighted by Crippen LogP contribution is 2.30. The van der Waals surface area contributed by atoms with Gasteiger partial charge in [-0.2, -0.15) is 5.10 Å². The molecular weight excluding hydrogens is 328 g/mol. The Labute approximate surface area is 145 Å². The SMILES string of the molecule is CC(C)(C)NC(=O)C1(C)CCCC(=O)N1/N=C/c1ccc([N+](=O)[O-])o1. The number of nitrogens with one attached hydrogen (secondary N) is 1. The number of rotatable bonds is 4. The third kappa shape index (κ3) is 4.23. The Bertz CT molecular complexity index is 718. The summed E-state index contributed by atoms with van der Waals surface area (Å²) in [6.07, 6.45) is 2.55. The van der Waals surface area contributed by atoms with E-state index in [0.717, 1.165) is 5.01 Å². The minimum Gasteiger partial charge on any atom is -0.400 e. The minimum atomic E-state index is -1.13. The number of piperidine rings is 1. The van der Waals surface area contributed by atoms with E-state index >= 15 is 0 Å². The lowest BCUT2D eigenvalue weighted by molar-refractivity contribution is -0.402. The summed E-state index contributed by atoms with van der Waals surface area (Å²) in [4.78, 5) is 35.0. The molecule has 1 saturated heterocycles. The molecule has 0 aliphatic carbocycles. The van der Waals surface area contributed by atoms with E-state index in [4.69, 9.17) is 4.42 Å². The smallest absolute Gasteiger partial charge is 0.400 e. The quantitative estimate of drug-likeness (QED) is 0.507. The van der Waals surface area contributed by atoms with Crippen molar-refractivity contribution < 1.29 is 18.9 Å². The summed E-state index contributed by atoms with van der Waals surface area (Å²) in [5, 5.41) is 18.8. The summed E-state index contributed by atoms with van der Waals surface area (Å²) in [6.45, 7) is 7.23. The molecule has 1 unspecified atom stereocenters. The van der Waals surface area contributed by atoms with Gasteiger partial charge in [-0.3, -0.25) is 19.7 Å². The van der Waals surface area contributed by atoms with Crippen LogP contribution in [-0.2, 0) is 9.59 Å². The molecular formula is C16H22N4O5. The van der Waals surface area contributed by atoms with E-state index in [-0.39, 0.29) is 24.0 Å². The maximum atomic E-state index is 12.7. The third-order valence-electron chi connectivity index (χ3n) is 3.83. The Kier molecular flexibility index (Phi) is 4.96. The van der Waals surface area contributed by atoms with Gasteiger partial charge < -0.3 is 9.73 Å². The first-order valence-corrected chi connectivity index (χ1v) is 7.97. The van der Waals surface area contributed by atoms with E-state index in [0.29, 0.717) is 12.8 Å². The zero-order chi connectivity index (χ0) is 18.8. The van der Waals surface area contributed by atoms with Crippen LogP contribution in [0.1, 0.15) is 52.7 Å². The zero-order valence-corrected chi connectivity index (χ0v) is 14.7. The fourth-order valence-electron chi connectivity index (χ4n) is 2.57. The van der Waals surface area contributed by atoms with Crippen LogP contribution in [0.25, 0.3) is 0 Å². The number of hydrogen-bond donors (Lipinski definition) is 1. The van der Waals surface area contributed by atoms with Gasteiger partial charge in [-0.1, -0.05) is 0 Å². The summed E-state index contributed by atoms with van der Waals surface area (Å²) in [6, 6.07) is 2.58. The van der Waals surface area contributed by atoms with Gasteiger partial charge in [0.25, 0.3) is 0 Å². The fraction of sp³-hybridized carbons (Fsp3) is 0.562. The number of hydrazone groups is 1. The molecule has 1 fully saturated rings. The molecule has 9 nitrogen and oxygen atoms in total. The van der Waals surface area contributed by atoms with Crippen LogP contribution in [0.15, 0.2) is 21.7 Å². The highest BCUT2D eigenvalue weighted by Gasteiger charge is 2.46. The highest BCUT2D eigenvalue weighted by molar-refractivity contribution is 5.93. The molecule has 9 heteroatoms. The van der Waals surface area contributed by atoms with Crippen molar-refractivity contribution >= 4 is 23.9 Å². The second-order valence-corrected chi connectivity index (χ2v) is 7.21. The standard InChI is InChI=1S/C16H22N4O5/c1-15(2,3)18-14(22)16(4)9-5-6-12(21)19(16)17-10-11-7-8-13(25-11)20(23)24/h7-8,10H,5-6,9H2,1-4H3,(H,18,22)/b17-10+. The molecule has 136 valence electrons. The van der Waals surface area contributed by atoms with Crippen molar-refractivity contribution in [3.05, 3.63) is 28.0 Å². The maximum absolute atomic E-state index is 12.7. The molecule has 0 radical (unpaired) electrons. The molecule has 0 saturated carbocycles. The molecule has 0 bridgehead atoms. The van der Waals surface area contributed by atoms with Crippen LogP contribution in [0.2, 0.25) is 0 Å². The van der Waals surface area contributed by atoms with Gasteiger partial charge >= 0.3 is 5.88 Å². The van der Waals surface area contributed by atoms with Crippen LogP contribution in [0.4, 0.5) is 5.88 Å². The molecule has 2 rings (SSSR count). The first-order valence-electron chi connectivity index (χ1n) is 7.97. The summed E-state index contributed by atoms with van der Waals surface area (Å²) in [7, 11) is 0. The highest BCUT2D eigenvalue weighted by atomic mass is 16.6. The Hall–Kier alpha value is -2.71. The lowest BCUT2D eigenvalue weighted by Gasteiger charge is -2.41. The van der Waals surface area contributed by atoms with Gasteiger partial charge in [-0.05, 0) is 46.6 Å². The number of carbonyl (C=O) groups is 2. The molecule has 2 amide bonds. The number of carbonyl (C=O) groups excluding carboxylic acids is 2. The van der Waals surface area contributed by atoms with Gasteiger partial charge in [0.2, 0.25) is 11.8 Å². The predicted octanol–water partition coefficient (Wildman–Crippen LogP) is 2.21. The third-order valence-corrected chi connectivity index (χ3v) is 3.83. The average Bonchev–Trinajstić information content (AvgIpc) is 2.94. The minimum absolute atomic E-state index is 0.128. The summed E-state index contributed by atoms with van der Waals surface area (Å²) >= 11 is 0. The number of nitro groups is 1. The van der Waals surface area contributed by atoms with Crippen molar-refractivity contribution in [2.24, 2.45) is 5.10 Å². The Balaban J connectivity index is 2.26. The zero-order valence-electron chi connectivity index (χ0n) is 14.7. The molecule has 0 aromatic carbocycles. The van der Waals surface area contributed by atoms with E-state index in [1.165, 1.54) is 18.3 Å². The Morgan fingerprint density at radius 2 is 2.16 bits per heavy atom. The van der Waals surface area contributed by atoms with Crippen LogP contribution >= 0.6 is 0 Å². The van der Waals surface area contributed by atoms with E-state index < -0.39 is 21.9 Å². The number of furan rings is 1. The second kappa shape index (κ2) is 6.66. The van der Waals surface area contributed by atoms with Crippen molar-refractivity contribution in [1.82, 2.24) is 10.3 Å². The van der Waals surface area contributed by atoms with Crippen LogP contribution in [0.3, 0.4) is 0 Å². The number of hydrogen-bond acceptors (Lipinski definition) is 6. The van der Waals surface area contributed by atoms with Gasteiger partial charge in [-0.15, -0.1) is 0 Å². The van der Waals surface area contributed by atoms with Crippen LogP contribution in [0.5, 0.6) is 0 Å². The van der Waals surface area contributed by atoms with Crippen molar-refractivity contribution in [2.75, 3.05) is 0 Å². The molecule has 0 spiro atoms. The molecule has 2 heterocycles. The summed E-state index contributed by atoms with van der Waals surface area (Å²) < 4.78 is 4.99. The molecule has 1 atom stereocenters. The monoisotopic (exact) mass is 350 g/mol. The van der Waals surface area contributed by atoms with Crippen LogP contribution < -0.4 is 5.32 Å². The lowest BCUT2D eigenvalue weighted by Crippen LogP contribution is -2.61. The van der Waals surface area contributed by atoms with E-state index in [1.54, 1.807) is 6.92 Å². The van der Waals surface area contributed by atoms with Gasteiger partial charge in [0.15, 0.2) is 5.76 Å². The first-order chi connectivity index (χ1) is 11.5. The molecule has 25 heavy (non-hydrogen) atoms. The fourth-order valence-corrected chi connectivity index (χ4v) is 2.57. The maximum Gasteiger partial charge on any atom is 0.433 e. The Morgan fingerprint density at radius 1 is 1.48 bits per heavy atom. The largest absolute Gasteiger partial charge is 0.433 e. The Morgan fingerprint density at radius 3 is 2.72 bits per heavy atom. The van der Waals surface area contributed by atoms with Crippen molar-refractivity contribution in [3.63, 3.8) is 0 Å². The van der Waals surface area contributed by atoms with E-state index in [9.17, 15) is 19.7 Å². The lowest BCUT2D eigenvalue weighted by atomic mass is 9.88. The number of nitrogens with zero attached hydrogens (tertiary/aromatic N) is 3. The van der Waals surface area contributed by atoms with E-state index in [2.05, 4.69) is 10.4 Å². The van der Waals surface area contributed by atoms with Gasteiger partial charge in [0.1, 0.15) is 10.5 Å². The van der Waals surface area contributed by atoms with E-state index in [1.807, 2.05) is 20.8 Å². The molecule has 1 aromatic heterocycles. The van der Waals surface area contributed by atoms with Crippen LogP contribution in [-0.4, -0.2) is 39.0 Å². The second-order valence-electron chi connectivity index (χ2n) is 7.21. The summed E-state index contributed by atoms with van der Waals surface area (Å²) in [5.74, 6) is -0.867. The molecule has 1 aliphatic rings. The molecule has 1 aliphatic heterocycles.